The van der Waals surface area contributed by atoms with E-state index in [0.29, 0.717) is 0 Å². The largest absolute Gasteiger partial charge is 0.450 e. The predicted molar refractivity (Wildman–Crippen MR) is 55.8 cm³/mol. The lowest BCUT2D eigenvalue weighted by molar-refractivity contribution is 4.07. The highest BCUT2D eigenvalue weighted by Gasteiger charge is 1.91. The molecule has 0 unspecified atom stereocenters. The zero-order valence-corrected chi connectivity index (χ0v) is 10.4. The molecule has 0 N–H and O–H groups in total. The molecule has 0 aromatic carbocycles. The third kappa shape index (κ3) is 78.5. The van der Waals surface area contributed by atoms with Crippen molar-refractivity contribution >= 4 is 89.8 Å². The van der Waals surface area contributed by atoms with Crippen LogP contribution in [0.3, 0.4) is 0 Å². The van der Waals surface area contributed by atoms with E-state index in [2.05, 4.69) is 47.3 Å². The lowest BCUT2D eigenvalue weighted by atomic mass is 10.7. The summed E-state index contributed by atoms with van der Waals surface area (Å²) < 4.78 is 0.271. The van der Waals surface area contributed by atoms with Crippen LogP contribution in [0.15, 0.2) is 0 Å². The van der Waals surface area contributed by atoms with E-state index in [4.69, 9.17) is 34.4 Å². The molecule has 8 heteroatoms. The number of hydrogen-bond donors (Lipinski definition) is 0. The molecule has 0 bridgehead atoms. The molecular weight excluding hydrogens is 368 g/mol. The van der Waals surface area contributed by atoms with Crippen molar-refractivity contribution in [2.75, 3.05) is 0 Å². The second-order valence-electron chi connectivity index (χ2n) is 0.495. The minimum atomic E-state index is -0.750. The molecule has 0 fully saturated rings. The SMILES string of the molecule is BrB(Br)Br.ClB(Cl)Cl. The summed E-state index contributed by atoms with van der Waals surface area (Å²) in [6.45, 7) is 0. The van der Waals surface area contributed by atoms with Gasteiger partial charge in [0.05, 0.1) is 0 Å². The van der Waals surface area contributed by atoms with Gasteiger partial charge in [0.1, 0.15) is 0 Å². The maximum Gasteiger partial charge on any atom is 0.450 e. The van der Waals surface area contributed by atoms with E-state index in [-0.39, 0.29) is 3.18 Å². The number of rotatable bonds is 0. The Hall–Kier alpha value is 2.44. The Bertz CT molecular complexity index is 28.0. The second kappa shape index (κ2) is 9.44. The van der Waals surface area contributed by atoms with Crippen LogP contribution in [0.5, 0.6) is 0 Å². The summed E-state index contributed by atoms with van der Waals surface area (Å²) in [6.07, 6.45) is 0. The van der Waals surface area contributed by atoms with Crippen LogP contribution >= 0.6 is 81.7 Å². The van der Waals surface area contributed by atoms with Crippen LogP contribution in [-0.4, -0.2) is 8.14 Å². The van der Waals surface area contributed by atoms with Crippen LogP contribution in [0.2, 0.25) is 0 Å². The van der Waals surface area contributed by atoms with Crippen LogP contribution in [0, 0.1) is 0 Å². The third-order valence-electron chi connectivity index (χ3n) is 0. The zero-order chi connectivity index (χ0) is 7.15. The van der Waals surface area contributed by atoms with Crippen molar-refractivity contribution < 1.29 is 0 Å². The van der Waals surface area contributed by atoms with Crippen molar-refractivity contribution in [3.8, 4) is 0 Å². The molecule has 0 atom stereocenters. The van der Waals surface area contributed by atoms with Crippen molar-refractivity contribution in [2.24, 2.45) is 0 Å². The van der Waals surface area contributed by atoms with E-state index in [9.17, 15) is 0 Å². The molecule has 0 rings (SSSR count). The summed E-state index contributed by atoms with van der Waals surface area (Å²) in [5.74, 6) is 0. The molecule has 0 aliphatic heterocycles. The van der Waals surface area contributed by atoms with Gasteiger partial charge in [-0.3, -0.25) is 0 Å². The molecule has 0 amide bonds. The summed E-state index contributed by atoms with van der Waals surface area (Å²) >= 11 is 23.7. The summed E-state index contributed by atoms with van der Waals surface area (Å²) in [7, 11) is 0. The Morgan fingerprint density at radius 1 is 0.875 bits per heavy atom. The minimum Gasteiger partial charge on any atom is -0.150 e. The average molecular weight is 368 g/mol. The summed E-state index contributed by atoms with van der Waals surface area (Å²) in [6, 6.07) is 0. The Balaban J connectivity index is 0. The Kier molecular flexibility index (Phi) is 15.4. The fraction of sp³-hybridized carbons (Fsp3) is 0. The molecule has 0 aliphatic carbocycles. The topological polar surface area (TPSA) is 0 Å². The third-order valence-corrected chi connectivity index (χ3v) is 0. The predicted octanol–water partition coefficient (Wildman–Crippen LogP) is 3.84. The highest BCUT2D eigenvalue weighted by Crippen LogP contribution is 2.07. The molecule has 0 heterocycles. The first kappa shape index (κ1) is 13.1. The van der Waals surface area contributed by atoms with Crippen LogP contribution in [0.1, 0.15) is 0 Å². The molecule has 0 saturated heterocycles. The van der Waals surface area contributed by atoms with Gasteiger partial charge in [-0.05, 0) is 0 Å². The van der Waals surface area contributed by atoms with Gasteiger partial charge in [-0.2, -0.15) is 34.4 Å². The van der Waals surface area contributed by atoms with Gasteiger partial charge in [-0.1, -0.05) is 0 Å². The average Bonchev–Trinajstić information content (AvgIpc) is 1.25. The summed E-state index contributed by atoms with van der Waals surface area (Å²) in [5.41, 5.74) is 0. The fourth-order valence-corrected chi connectivity index (χ4v) is 0. The first-order valence-corrected chi connectivity index (χ1v) is 5.37. The lowest BCUT2D eigenvalue weighted by Gasteiger charge is -1.63. The van der Waals surface area contributed by atoms with Crippen molar-refractivity contribution in [2.45, 2.75) is 0 Å². The minimum absolute atomic E-state index is 0.271. The van der Waals surface area contributed by atoms with Gasteiger partial charge in [0.15, 0.2) is 0 Å². The molecule has 0 radical (unpaired) electrons. The van der Waals surface area contributed by atoms with Crippen LogP contribution in [-0.2, 0) is 0 Å². The first-order chi connectivity index (χ1) is 3.46. The van der Waals surface area contributed by atoms with Gasteiger partial charge in [-0.25, -0.2) is 0 Å². The monoisotopic (exact) mass is 364 g/mol. The Labute approximate surface area is 88.8 Å². The smallest absolute Gasteiger partial charge is 0.150 e. The molecule has 0 aliphatic rings. The van der Waals surface area contributed by atoms with E-state index in [1.54, 1.807) is 0 Å². The highest BCUT2D eigenvalue weighted by molar-refractivity contribution is 9.69. The quantitative estimate of drug-likeness (QED) is 0.571. The maximum absolute atomic E-state index is 4.81. The van der Waals surface area contributed by atoms with Crippen LogP contribution < -0.4 is 0 Å². The summed E-state index contributed by atoms with van der Waals surface area (Å²) in [4.78, 5) is -0.750. The second-order valence-corrected chi connectivity index (χ2v) is 8.91. The molecule has 0 aromatic heterocycles. The van der Waals surface area contributed by atoms with Crippen molar-refractivity contribution in [3.63, 3.8) is 0 Å². The van der Waals surface area contributed by atoms with Gasteiger partial charge in [0.2, 0.25) is 0 Å². The van der Waals surface area contributed by atoms with Gasteiger partial charge >= 0.3 is 8.14 Å². The van der Waals surface area contributed by atoms with E-state index < -0.39 is 4.96 Å². The molecular formula is B2Br3Cl3. The molecule has 8 heavy (non-hydrogen) atoms. The standard InChI is InChI=1S/BBr3.BCl3/c2*2-1(3)4. The summed E-state index contributed by atoms with van der Waals surface area (Å²) in [5, 5.41) is 0. The van der Waals surface area contributed by atoms with E-state index in [1.165, 1.54) is 0 Å². The molecule has 0 aromatic rings. The van der Waals surface area contributed by atoms with E-state index in [0.717, 1.165) is 0 Å². The molecule has 48 valence electrons. The molecule has 0 spiro atoms. The molecule has 0 nitrogen and oxygen atoms in total. The van der Waals surface area contributed by atoms with Gasteiger partial charge in [-0.15, -0.1) is 47.3 Å². The Morgan fingerprint density at radius 2 is 0.875 bits per heavy atom. The van der Waals surface area contributed by atoms with E-state index >= 15 is 0 Å². The van der Waals surface area contributed by atoms with Gasteiger partial charge in [0, 0.05) is 0 Å². The van der Waals surface area contributed by atoms with Crippen molar-refractivity contribution in [1.82, 2.24) is 0 Å². The molecule has 0 saturated carbocycles. The zero-order valence-electron chi connectivity index (χ0n) is 3.42. The number of hydrogen-bond acceptors (Lipinski definition) is 0. The Morgan fingerprint density at radius 3 is 0.875 bits per heavy atom. The van der Waals surface area contributed by atoms with E-state index in [1.807, 2.05) is 0 Å². The maximum atomic E-state index is 4.81. The lowest BCUT2D eigenvalue weighted by Crippen LogP contribution is -1.66. The normalized spacial score (nSPS) is 6.75. The van der Waals surface area contributed by atoms with Crippen LogP contribution in [0.25, 0.3) is 0 Å². The van der Waals surface area contributed by atoms with Crippen LogP contribution in [0.4, 0.5) is 0 Å². The first-order valence-electron chi connectivity index (χ1n) is 1.31. The van der Waals surface area contributed by atoms with Gasteiger partial charge in [0.25, 0.3) is 0 Å². The van der Waals surface area contributed by atoms with Gasteiger partial charge < -0.3 is 0 Å². The van der Waals surface area contributed by atoms with Crippen molar-refractivity contribution in [3.05, 3.63) is 0 Å². The van der Waals surface area contributed by atoms with Crippen molar-refractivity contribution in [1.29, 1.82) is 0 Å². The number of halogens is 6. The highest BCUT2D eigenvalue weighted by atomic mass is 79.9. The fourth-order valence-electron chi connectivity index (χ4n) is 0.